The van der Waals surface area contributed by atoms with Crippen LogP contribution < -0.4 is 4.74 Å². The smallest absolute Gasteiger partial charge is 0.119 e. The fourth-order valence-electron chi connectivity index (χ4n) is 6.49. The Morgan fingerprint density at radius 3 is 1.86 bits per heavy atom. The molecular weight excluding hydrogens is 448 g/mol. The van der Waals surface area contributed by atoms with E-state index >= 15 is 0 Å². The second kappa shape index (κ2) is 18.7. The van der Waals surface area contributed by atoms with Crippen molar-refractivity contribution in [2.75, 3.05) is 6.61 Å². The van der Waals surface area contributed by atoms with Crippen LogP contribution in [0.3, 0.4) is 0 Å². The van der Waals surface area contributed by atoms with Crippen molar-refractivity contribution in [2.24, 2.45) is 17.8 Å². The summed E-state index contributed by atoms with van der Waals surface area (Å²) < 4.78 is 5.98. The molecule has 0 amide bonds. The van der Waals surface area contributed by atoms with Gasteiger partial charge in [-0.1, -0.05) is 147 Å². The van der Waals surface area contributed by atoms with E-state index in [0.29, 0.717) is 0 Å². The van der Waals surface area contributed by atoms with E-state index in [1.807, 2.05) is 0 Å². The van der Waals surface area contributed by atoms with Gasteiger partial charge in [0.05, 0.1) is 6.61 Å². The van der Waals surface area contributed by atoms with Crippen LogP contribution in [0, 0.1) is 17.8 Å². The molecule has 0 aliphatic heterocycles. The minimum Gasteiger partial charge on any atom is -0.494 e. The average Bonchev–Trinajstić information content (AvgIpc) is 2.95. The van der Waals surface area contributed by atoms with Crippen molar-refractivity contribution < 1.29 is 4.74 Å². The third-order valence-corrected chi connectivity index (χ3v) is 9.05. The first-order valence-corrected chi connectivity index (χ1v) is 16.4. The third-order valence-electron chi connectivity index (χ3n) is 9.05. The molecule has 0 saturated heterocycles. The highest BCUT2D eigenvalue weighted by Gasteiger charge is 2.26. The highest BCUT2D eigenvalue weighted by Crippen LogP contribution is 2.39. The Morgan fingerprint density at radius 1 is 0.676 bits per heavy atom. The van der Waals surface area contributed by atoms with Gasteiger partial charge in [0.25, 0.3) is 0 Å². The second-order valence-electron chi connectivity index (χ2n) is 12.1. The van der Waals surface area contributed by atoms with E-state index in [4.69, 9.17) is 4.74 Å². The van der Waals surface area contributed by atoms with Crippen LogP contribution in [0.15, 0.2) is 42.5 Å². The van der Waals surface area contributed by atoms with Gasteiger partial charge in [0, 0.05) is 0 Å². The summed E-state index contributed by atoms with van der Waals surface area (Å²) in [5, 5.41) is 0. The van der Waals surface area contributed by atoms with E-state index < -0.39 is 0 Å². The number of rotatable bonds is 19. The molecule has 0 heterocycles. The quantitative estimate of drug-likeness (QED) is 0.169. The zero-order chi connectivity index (χ0) is 26.0. The van der Waals surface area contributed by atoms with Crippen molar-refractivity contribution in [3.05, 3.63) is 48.1 Å². The first-order valence-electron chi connectivity index (χ1n) is 16.4. The van der Waals surface area contributed by atoms with Crippen LogP contribution in [0.4, 0.5) is 0 Å². The zero-order valence-corrected chi connectivity index (χ0v) is 24.5. The molecule has 0 N–H and O–H groups in total. The van der Waals surface area contributed by atoms with Crippen LogP contribution in [0.1, 0.15) is 148 Å². The van der Waals surface area contributed by atoms with Gasteiger partial charge in [-0.3, -0.25) is 0 Å². The van der Waals surface area contributed by atoms with Crippen molar-refractivity contribution in [2.45, 2.75) is 142 Å². The molecule has 1 nitrogen and oxygen atoms in total. The van der Waals surface area contributed by atoms with Crippen LogP contribution in [-0.4, -0.2) is 6.61 Å². The maximum absolute atomic E-state index is 5.98. The van der Waals surface area contributed by atoms with Gasteiger partial charge in [0.1, 0.15) is 5.75 Å². The van der Waals surface area contributed by atoms with Gasteiger partial charge in [-0.2, -0.15) is 0 Å². The lowest BCUT2D eigenvalue weighted by Gasteiger charge is -2.33. The molecule has 3 rings (SSSR count). The van der Waals surface area contributed by atoms with E-state index in [-0.39, 0.29) is 0 Å². The summed E-state index contributed by atoms with van der Waals surface area (Å²) in [4.78, 5) is 0. The standard InChI is InChI=1S/C36H58O/c1-3-5-7-9-11-12-13-15-17-31-18-20-32(21-19-31)33-22-24-34(25-23-33)35-26-28-36(29-27-35)37-30-16-14-10-8-6-4-2/h22,24-29,31-33H,3-21,23,30H2,1-2H3. The fourth-order valence-corrected chi connectivity index (χ4v) is 6.49. The predicted octanol–water partition coefficient (Wildman–Crippen LogP) is 11.7. The van der Waals surface area contributed by atoms with Gasteiger partial charge in [0.2, 0.25) is 0 Å². The summed E-state index contributed by atoms with van der Waals surface area (Å²) in [5.74, 6) is 3.69. The lowest BCUT2D eigenvalue weighted by molar-refractivity contribution is 0.218. The molecule has 0 spiro atoms. The van der Waals surface area contributed by atoms with Gasteiger partial charge in [0.15, 0.2) is 0 Å². The molecule has 0 radical (unpaired) electrons. The fraction of sp³-hybridized carbons (Fsp3) is 0.722. The molecule has 1 unspecified atom stereocenters. The number of ether oxygens (including phenoxy) is 1. The van der Waals surface area contributed by atoms with Crippen LogP contribution >= 0.6 is 0 Å². The van der Waals surface area contributed by atoms with Crippen molar-refractivity contribution in [1.82, 2.24) is 0 Å². The van der Waals surface area contributed by atoms with Crippen LogP contribution in [-0.2, 0) is 0 Å². The van der Waals surface area contributed by atoms with Crippen molar-refractivity contribution in [3.8, 4) is 5.75 Å². The number of benzene rings is 1. The largest absolute Gasteiger partial charge is 0.494 e. The number of hydrogen-bond acceptors (Lipinski definition) is 1. The van der Waals surface area contributed by atoms with Crippen molar-refractivity contribution >= 4 is 5.57 Å². The summed E-state index contributed by atoms with van der Waals surface area (Å²) >= 11 is 0. The summed E-state index contributed by atoms with van der Waals surface area (Å²) in [5.41, 5.74) is 2.72. The minimum atomic E-state index is 0.757. The summed E-state index contributed by atoms with van der Waals surface area (Å²) in [6.07, 6.45) is 35.4. The van der Waals surface area contributed by atoms with Gasteiger partial charge < -0.3 is 4.74 Å². The van der Waals surface area contributed by atoms with E-state index in [0.717, 1.165) is 30.1 Å². The highest BCUT2D eigenvalue weighted by atomic mass is 16.5. The molecule has 1 aromatic rings. The number of unbranched alkanes of at least 4 members (excludes halogenated alkanes) is 12. The molecule has 1 saturated carbocycles. The van der Waals surface area contributed by atoms with Crippen LogP contribution in [0.5, 0.6) is 5.75 Å². The van der Waals surface area contributed by atoms with Crippen LogP contribution in [0.2, 0.25) is 0 Å². The van der Waals surface area contributed by atoms with Crippen LogP contribution in [0.25, 0.3) is 5.57 Å². The third kappa shape index (κ3) is 11.8. The zero-order valence-electron chi connectivity index (χ0n) is 24.5. The maximum Gasteiger partial charge on any atom is 0.119 e. The summed E-state index contributed by atoms with van der Waals surface area (Å²) in [6, 6.07) is 8.79. The Balaban J connectivity index is 1.27. The molecule has 2 aliphatic carbocycles. The lowest BCUT2D eigenvalue weighted by Crippen LogP contribution is -2.21. The molecule has 1 atom stereocenters. The molecule has 1 heteroatoms. The minimum absolute atomic E-state index is 0.757. The number of hydrogen-bond donors (Lipinski definition) is 0. The SMILES string of the molecule is CCCCCCCCCCC1CCC(C2C=CC(c3ccc(OCCCCCCCC)cc3)=CC2)CC1. The summed E-state index contributed by atoms with van der Waals surface area (Å²) in [7, 11) is 0. The summed E-state index contributed by atoms with van der Waals surface area (Å²) in [6.45, 7) is 5.42. The Morgan fingerprint density at radius 2 is 1.27 bits per heavy atom. The Kier molecular flexibility index (Phi) is 15.2. The average molecular weight is 507 g/mol. The first kappa shape index (κ1) is 30.0. The highest BCUT2D eigenvalue weighted by molar-refractivity contribution is 5.75. The Hall–Kier alpha value is -1.50. The Labute approximate surface area is 230 Å². The lowest BCUT2D eigenvalue weighted by atomic mass is 9.72. The van der Waals surface area contributed by atoms with Crippen molar-refractivity contribution in [3.63, 3.8) is 0 Å². The van der Waals surface area contributed by atoms with E-state index in [2.05, 4.69) is 56.3 Å². The van der Waals surface area contributed by atoms with E-state index in [1.54, 1.807) is 0 Å². The van der Waals surface area contributed by atoms with E-state index in [1.165, 1.54) is 140 Å². The molecular formula is C36H58O. The topological polar surface area (TPSA) is 9.23 Å². The molecule has 2 aliphatic rings. The van der Waals surface area contributed by atoms with Gasteiger partial charge in [-0.25, -0.2) is 0 Å². The second-order valence-corrected chi connectivity index (χ2v) is 12.1. The maximum atomic E-state index is 5.98. The predicted molar refractivity (Wildman–Crippen MR) is 163 cm³/mol. The van der Waals surface area contributed by atoms with Gasteiger partial charge in [-0.05, 0) is 66.7 Å². The normalized spacial score (nSPS) is 21.7. The van der Waals surface area contributed by atoms with E-state index in [9.17, 15) is 0 Å². The Bertz CT molecular complexity index is 749. The molecule has 37 heavy (non-hydrogen) atoms. The molecule has 0 aromatic heterocycles. The number of allylic oxidation sites excluding steroid dienone is 4. The van der Waals surface area contributed by atoms with Gasteiger partial charge in [-0.15, -0.1) is 0 Å². The first-order chi connectivity index (χ1) is 18.3. The monoisotopic (exact) mass is 506 g/mol. The molecule has 1 aromatic carbocycles. The molecule has 1 fully saturated rings. The van der Waals surface area contributed by atoms with Gasteiger partial charge >= 0.3 is 0 Å². The molecule has 0 bridgehead atoms. The van der Waals surface area contributed by atoms with Crippen molar-refractivity contribution in [1.29, 1.82) is 0 Å². The molecule has 208 valence electrons.